The number of carbonyl (C=O) groups excluding carboxylic acids is 1. The maximum Gasteiger partial charge on any atom is 0.260 e. The fraction of sp³-hybridized carbons (Fsp3) is 0.278. The van der Waals surface area contributed by atoms with Gasteiger partial charge in [0, 0.05) is 13.2 Å². The second-order valence-electron chi connectivity index (χ2n) is 6.45. The number of primary amides is 1. The molecule has 1 saturated carbocycles. The number of hydrogen-bond donors (Lipinski definition) is 1. The molecule has 1 aliphatic rings. The lowest BCUT2D eigenvalue weighted by atomic mass is 9.72. The maximum absolute atomic E-state index is 14.4. The first-order valence-corrected chi connectivity index (χ1v) is 9.27. The van der Waals surface area contributed by atoms with Gasteiger partial charge in [-0.15, -0.1) is 21.5 Å². The molecule has 3 heterocycles. The Balaban J connectivity index is 1.63. The van der Waals surface area contributed by atoms with Crippen molar-refractivity contribution in [2.75, 3.05) is 11.9 Å². The van der Waals surface area contributed by atoms with E-state index in [-0.39, 0.29) is 5.82 Å². The molecule has 3 aromatic heterocycles. The first-order valence-electron chi connectivity index (χ1n) is 8.46. The van der Waals surface area contributed by atoms with Crippen LogP contribution in [0.5, 0.6) is 0 Å². The number of nitrogens with two attached hydrogens (primary N) is 1. The highest BCUT2D eigenvalue weighted by molar-refractivity contribution is 7.16. The highest BCUT2D eigenvalue weighted by Crippen LogP contribution is 2.47. The Morgan fingerprint density at radius 1 is 1.26 bits per heavy atom. The van der Waals surface area contributed by atoms with E-state index >= 15 is 0 Å². The van der Waals surface area contributed by atoms with Crippen molar-refractivity contribution >= 4 is 23.1 Å². The highest BCUT2D eigenvalue weighted by atomic mass is 32.1. The first kappa shape index (κ1) is 17.5. The molecular formula is C18H17FN6OS. The summed E-state index contributed by atoms with van der Waals surface area (Å²) in [5.74, 6) is -0.210. The molecule has 3 aromatic rings. The summed E-state index contributed by atoms with van der Waals surface area (Å²) < 4.78 is 14.4. The number of aromatic nitrogens is 4. The molecule has 0 aliphatic heterocycles. The van der Waals surface area contributed by atoms with E-state index in [4.69, 9.17) is 5.73 Å². The van der Waals surface area contributed by atoms with Crippen LogP contribution in [0, 0.1) is 5.82 Å². The Labute approximate surface area is 159 Å². The van der Waals surface area contributed by atoms with Crippen molar-refractivity contribution in [3.63, 3.8) is 0 Å². The summed E-state index contributed by atoms with van der Waals surface area (Å²) in [7, 11) is 1.88. The molecule has 0 atom stereocenters. The molecule has 0 bridgehead atoms. The predicted molar refractivity (Wildman–Crippen MR) is 99.8 cm³/mol. The molecule has 2 N–H and O–H groups in total. The van der Waals surface area contributed by atoms with E-state index in [1.807, 2.05) is 18.0 Å². The van der Waals surface area contributed by atoms with Gasteiger partial charge in [-0.1, -0.05) is 0 Å². The van der Waals surface area contributed by atoms with E-state index in [9.17, 15) is 9.18 Å². The Hall–Kier alpha value is -2.94. The van der Waals surface area contributed by atoms with Gasteiger partial charge in [0.25, 0.3) is 5.91 Å². The molecule has 9 heteroatoms. The van der Waals surface area contributed by atoms with E-state index in [2.05, 4.69) is 20.2 Å². The molecule has 1 aliphatic carbocycles. The molecule has 138 valence electrons. The van der Waals surface area contributed by atoms with Crippen molar-refractivity contribution in [1.82, 2.24) is 20.2 Å². The number of hydrogen-bond acceptors (Lipinski definition) is 7. The Morgan fingerprint density at radius 2 is 2.07 bits per heavy atom. The van der Waals surface area contributed by atoms with E-state index in [0.29, 0.717) is 27.1 Å². The van der Waals surface area contributed by atoms with E-state index < -0.39 is 11.4 Å². The maximum atomic E-state index is 14.4. The minimum Gasteiger partial charge on any atom is -0.365 e. The summed E-state index contributed by atoms with van der Waals surface area (Å²) in [6, 6.07) is 6.62. The number of anilines is 1. The molecule has 1 fully saturated rings. The second kappa shape index (κ2) is 6.66. The lowest BCUT2D eigenvalue weighted by Gasteiger charge is -2.48. The van der Waals surface area contributed by atoms with Crippen molar-refractivity contribution in [2.45, 2.75) is 24.8 Å². The monoisotopic (exact) mass is 384 g/mol. The molecule has 7 nitrogen and oxygen atoms in total. The number of nitrogens with zero attached hydrogens (tertiary/aromatic N) is 5. The fourth-order valence-corrected chi connectivity index (χ4v) is 4.05. The first-order chi connectivity index (χ1) is 13.0. The standard InChI is InChI=1S/C18H17FN6OS/c1-25(18(7-3-8-18)15-11(19)4-2-9-21-15)14-6-5-12(23-24-14)17-22-10-13(27-17)16(20)26/h2,4-6,9-10H,3,7-8H2,1H3,(H2,20,26). The molecule has 4 rings (SSSR count). The third-order valence-corrected chi connectivity index (χ3v) is 6.02. The normalized spacial score (nSPS) is 15.2. The molecule has 0 unspecified atom stereocenters. The van der Waals surface area contributed by atoms with Gasteiger partial charge in [-0.2, -0.15) is 0 Å². The molecule has 27 heavy (non-hydrogen) atoms. The average Bonchev–Trinajstić information content (AvgIpc) is 3.13. The van der Waals surface area contributed by atoms with Gasteiger partial charge in [-0.25, -0.2) is 9.37 Å². The van der Waals surface area contributed by atoms with Gasteiger partial charge in [-0.3, -0.25) is 9.78 Å². The highest BCUT2D eigenvalue weighted by Gasteiger charge is 2.46. The van der Waals surface area contributed by atoms with Gasteiger partial charge in [0.1, 0.15) is 27.1 Å². The van der Waals surface area contributed by atoms with Crippen LogP contribution < -0.4 is 10.6 Å². The zero-order chi connectivity index (χ0) is 19.0. The van der Waals surface area contributed by atoms with Gasteiger partial charge in [0.05, 0.1) is 11.7 Å². The fourth-order valence-electron chi connectivity index (χ4n) is 3.31. The zero-order valence-electron chi connectivity index (χ0n) is 14.6. The summed E-state index contributed by atoms with van der Waals surface area (Å²) in [6.45, 7) is 0. The summed E-state index contributed by atoms with van der Waals surface area (Å²) in [6.07, 6.45) is 5.64. The number of pyridine rings is 1. The van der Waals surface area contributed by atoms with Gasteiger partial charge >= 0.3 is 0 Å². The molecule has 0 saturated heterocycles. The second-order valence-corrected chi connectivity index (χ2v) is 7.48. The zero-order valence-corrected chi connectivity index (χ0v) is 15.4. The molecule has 0 spiro atoms. The summed E-state index contributed by atoms with van der Waals surface area (Å²) in [4.78, 5) is 22.0. The molecule has 0 radical (unpaired) electrons. The summed E-state index contributed by atoms with van der Waals surface area (Å²) >= 11 is 1.17. The average molecular weight is 384 g/mol. The number of carbonyl (C=O) groups is 1. The topological polar surface area (TPSA) is 97.9 Å². The van der Waals surface area contributed by atoms with Crippen LogP contribution in [0.4, 0.5) is 10.2 Å². The smallest absolute Gasteiger partial charge is 0.260 e. The Morgan fingerprint density at radius 3 is 2.63 bits per heavy atom. The van der Waals surface area contributed by atoms with Crippen molar-refractivity contribution in [2.24, 2.45) is 5.73 Å². The summed E-state index contributed by atoms with van der Waals surface area (Å²) in [5.41, 5.74) is 5.74. The number of amides is 1. The third-order valence-electron chi connectivity index (χ3n) is 4.98. The number of halogens is 1. The van der Waals surface area contributed by atoms with Crippen LogP contribution >= 0.6 is 11.3 Å². The van der Waals surface area contributed by atoms with Crippen LogP contribution in [0.1, 0.15) is 34.6 Å². The van der Waals surface area contributed by atoms with Gasteiger partial charge in [0.15, 0.2) is 5.82 Å². The van der Waals surface area contributed by atoms with Gasteiger partial charge < -0.3 is 10.6 Å². The molecule has 0 aromatic carbocycles. The van der Waals surface area contributed by atoms with Crippen molar-refractivity contribution in [3.8, 4) is 10.7 Å². The Kier molecular flexibility index (Phi) is 4.31. The van der Waals surface area contributed by atoms with Gasteiger partial charge in [0.2, 0.25) is 0 Å². The SMILES string of the molecule is CN(c1ccc(-c2ncc(C(N)=O)s2)nn1)C1(c2ncccc2F)CCC1. The largest absolute Gasteiger partial charge is 0.365 e. The minimum atomic E-state index is -0.521. The van der Waals surface area contributed by atoms with Crippen molar-refractivity contribution in [1.29, 1.82) is 0 Å². The molecule has 1 amide bonds. The lowest BCUT2D eigenvalue weighted by Crippen LogP contribution is -2.51. The third kappa shape index (κ3) is 2.93. The Bertz CT molecular complexity index is 986. The van der Waals surface area contributed by atoms with Crippen molar-refractivity contribution in [3.05, 3.63) is 53.0 Å². The van der Waals surface area contributed by atoms with Crippen LogP contribution in [0.2, 0.25) is 0 Å². The predicted octanol–water partition coefficient (Wildman–Crippen LogP) is 2.75. The van der Waals surface area contributed by atoms with Crippen LogP contribution in [-0.4, -0.2) is 33.1 Å². The molecular weight excluding hydrogens is 367 g/mol. The summed E-state index contributed by atoms with van der Waals surface area (Å²) in [5, 5.41) is 9.08. The van der Waals surface area contributed by atoms with E-state index in [1.165, 1.54) is 23.6 Å². The van der Waals surface area contributed by atoms with E-state index in [1.54, 1.807) is 18.3 Å². The van der Waals surface area contributed by atoms with E-state index in [0.717, 1.165) is 19.3 Å². The minimum absolute atomic E-state index is 0.310. The van der Waals surface area contributed by atoms with Crippen LogP contribution in [-0.2, 0) is 5.54 Å². The number of rotatable bonds is 5. The van der Waals surface area contributed by atoms with Crippen LogP contribution in [0.3, 0.4) is 0 Å². The van der Waals surface area contributed by atoms with Crippen molar-refractivity contribution < 1.29 is 9.18 Å². The van der Waals surface area contributed by atoms with Crippen LogP contribution in [0.25, 0.3) is 10.7 Å². The van der Waals surface area contributed by atoms with Crippen LogP contribution in [0.15, 0.2) is 36.7 Å². The lowest BCUT2D eigenvalue weighted by molar-refractivity contribution is 0.100. The number of thiazole rings is 1. The quantitative estimate of drug-likeness (QED) is 0.726. The van der Waals surface area contributed by atoms with Gasteiger partial charge in [-0.05, 0) is 43.5 Å².